The molecule has 2 rings (SSSR count). The van der Waals surface area contributed by atoms with Crippen molar-refractivity contribution in [1.29, 1.82) is 0 Å². The van der Waals surface area contributed by atoms with Crippen molar-refractivity contribution in [2.45, 2.75) is 38.1 Å². The number of imidazole rings is 1. The zero-order valence-electron chi connectivity index (χ0n) is 11.8. The molecular weight excluding hydrogens is 226 g/mol. The van der Waals surface area contributed by atoms with E-state index in [0.717, 1.165) is 19.3 Å². The minimum atomic E-state index is -0.364. The zero-order chi connectivity index (χ0) is 13.3. The minimum absolute atomic E-state index is 0.173. The van der Waals surface area contributed by atoms with Gasteiger partial charge in [0.2, 0.25) is 5.78 Å². The maximum Gasteiger partial charge on any atom is 0.218 e. The molecule has 18 heavy (non-hydrogen) atoms. The number of rotatable bonds is 3. The van der Waals surface area contributed by atoms with Crippen molar-refractivity contribution >= 4 is 5.78 Å². The van der Waals surface area contributed by atoms with Gasteiger partial charge < -0.3 is 4.57 Å². The predicted octanol–water partition coefficient (Wildman–Crippen LogP) is 2.11. The van der Waals surface area contributed by atoms with Crippen LogP contribution < -0.4 is 0 Å². The molecule has 4 heteroatoms. The van der Waals surface area contributed by atoms with Crippen LogP contribution >= 0.6 is 0 Å². The second-order valence-electron chi connectivity index (χ2n) is 5.82. The Balaban J connectivity index is 2.36. The van der Waals surface area contributed by atoms with E-state index in [1.165, 1.54) is 6.42 Å². The molecule has 0 spiro atoms. The van der Waals surface area contributed by atoms with Gasteiger partial charge in [-0.3, -0.25) is 9.69 Å². The Labute approximate surface area is 109 Å². The van der Waals surface area contributed by atoms with Gasteiger partial charge in [-0.05, 0) is 32.9 Å². The highest BCUT2D eigenvalue weighted by molar-refractivity contribution is 6.00. The summed E-state index contributed by atoms with van der Waals surface area (Å²) >= 11 is 0. The van der Waals surface area contributed by atoms with Gasteiger partial charge in [0.25, 0.3) is 0 Å². The molecule has 0 aromatic carbocycles. The van der Waals surface area contributed by atoms with E-state index in [1.807, 2.05) is 31.9 Å². The monoisotopic (exact) mass is 249 g/mol. The maximum atomic E-state index is 12.9. The van der Waals surface area contributed by atoms with Crippen LogP contribution in [0.5, 0.6) is 0 Å². The van der Waals surface area contributed by atoms with Crippen molar-refractivity contribution in [3.63, 3.8) is 0 Å². The molecule has 4 nitrogen and oxygen atoms in total. The highest BCUT2D eigenvalue weighted by atomic mass is 16.1. The van der Waals surface area contributed by atoms with E-state index in [2.05, 4.69) is 16.8 Å². The summed E-state index contributed by atoms with van der Waals surface area (Å²) in [5.74, 6) is 1.36. The van der Waals surface area contributed by atoms with Crippen LogP contribution in [-0.2, 0) is 7.05 Å². The number of nitrogens with zero attached hydrogens (tertiary/aromatic N) is 3. The standard InChI is InChI=1S/C14H23N3O/c1-11-6-5-7-14(10-11,16(2)3)12(18)13-15-8-9-17(13)4/h8-9,11H,5-7,10H2,1-4H3. The molecule has 100 valence electrons. The summed E-state index contributed by atoms with van der Waals surface area (Å²) in [6.45, 7) is 2.24. The summed E-state index contributed by atoms with van der Waals surface area (Å²) in [7, 11) is 5.91. The van der Waals surface area contributed by atoms with Crippen molar-refractivity contribution in [2.24, 2.45) is 13.0 Å². The van der Waals surface area contributed by atoms with E-state index in [0.29, 0.717) is 11.7 Å². The lowest BCUT2D eigenvalue weighted by Gasteiger charge is -2.43. The third-order valence-corrected chi connectivity index (χ3v) is 4.28. The molecular formula is C14H23N3O. The Hall–Kier alpha value is -1.16. The summed E-state index contributed by atoms with van der Waals surface area (Å²) in [6, 6.07) is 0. The van der Waals surface area contributed by atoms with Gasteiger partial charge in [-0.2, -0.15) is 0 Å². The second kappa shape index (κ2) is 4.84. The molecule has 0 aliphatic heterocycles. The average molecular weight is 249 g/mol. The van der Waals surface area contributed by atoms with Crippen LogP contribution in [0.15, 0.2) is 12.4 Å². The predicted molar refractivity (Wildman–Crippen MR) is 71.6 cm³/mol. The van der Waals surface area contributed by atoms with Gasteiger partial charge in [-0.25, -0.2) is 4.98 Å². The van der Waals surface area contributed by atoms with Crippen LogP contribution in [0.25, 0.3) is 0 Å². The number of Topliss-reactive ketones (excluding diaryl/α,β-unsaturated/α-hetero) is 1. The summed E-state index contributed by atoms with van der Waals surface area (Å²) in [4.78, 5) is 19.2. The molecule has 0 saturated heterocycles. The van der Waals surface area contributed by atoms with E-state index in [9.17, 15) is 4.79 Å². The molecule has 1 aromatic heterocycles. The normalized spacial score (nSPS) is 28.6. The average Bonchev–Trinajstić information content (AvgIpc) is 2.74. The lowest BCUT2D eigenvalue weighted by molar-refractivity contribution is 0.0472. The molecule has 1 saturated carbocycles. The summed E-state index contributed by atoms with van der Waals surface area (Å²) in [5.41, 5.74) is -0.364. The Morgan fingerprint density at radius 3 is 2.78 bits per heavy atom. The van der Waals surface area contributed by atoms with Crippen molar-refractivity contribution in [1.82, 2.24) is 14.5 Å². The van der Waals surface area contributed by atoms with E-state index in [4.69, 9.17) is 0 Å². The smallest absolute Gasteiger partial charge is 0.218 e. The number of carbonyl (C=O) groups excluding carboxylic acids is 1. The SMILES string of the molecule is CC1CCCC(C(=O)c2nccn2C)(N(C)C)C1. The lowest BCUT2D eigenvalue weighted by Crippen LogP contribution is -2.54. The fourth-order valence-electron chi connectivity index (χ4n) is 3.13. The summed E-state index contributed by atoms with van der Waals surface area (Å²) < 4.78 is 1.83. The minimum Gasteiger partial charge on any atom is -0.332 e. The quantitative estimate of drug-likeness (QED) is 0.770. The van der Waals surface area contributed by atoms with E-state index < -0.39 is 0 Å². The Kier molecular flexibility index (Phi) is 3.57. The van der Waals surface area contributed by atoms with Crippen molar-refractivity contribution in [2.75, 3.05) is 14.1 Å². The fraction of sp³-hybridized carbons (Fsp3) is 0.714. The van der Waals surface area contributed by atoms with Crippen molar-refractivity contribution in [3.8, 4) is 0 Å². The van der Waals surface area contributed by atoms with Crippen molar-refractivity contribution < 1.29 is 4.79 Å². The van der Waals surface area contributed by atoms with E-state index in [1.54, 1.807) is 6.20 Å². The van der Waals surface area contributed by atoms with Gasteiger partial charge >= 0.3 is 0 Å². The first kappa shape index (κ1) is 13.3. The van der Waals surface area contributed by atoms with Crippen LogP contribution in [0.1, 0.15) is 43.2 Å². The fourth-order valence-corrected chi connectivity index (χ4v) is 3.13. The van der Waals surface area contributed by atoms with Gasteiger partial charge in [-0.15, -0.1) is 0 Å². The second-order valence-corrected chi connectivity index (χ2v) is 5.82. The van der Waals surface area contributed by atoms with Crippen molar-refractivity contribution in [3.05, 3.63) is 18.2 Å². The van der Waals surface area contributed by atoms with Gasteiger partial charge in [0.15, 0.2) is 5.82 Å². The molecule has 0 N–H and O–H groups in total. The summed E-state index contributed by atoms with van der Waals surface area (Å²) in [5, 5.41) is 0. The van der Waals surface area contributed by atoms with Gasteiger partial charge in [-0.1, -0.05) is 19.8 Å². The molecule has 1 aliphatic carbocycles. The van der Waals surface area contributed by atoms with Crippen LogP contribution in [0.2, 0.25) is 0 Å². The van der Waals surface area contributed by atoms with Crippen LogP contribution in [-0.4, -0.2) is 39.9 Å². The van der Waals surface area contributed by atoms with Crippen LogP contribution in [0.4, 0.5) is 0 Å². The molecule has 2 atom stereocenters. The molecule has 0 bridgehead atoms. The van der Waals surface area contributed by atoms with Gasteiger partial charge in [0, 0.05) is 19.4 Å². The molecule has 1 aromatic rings. The first-order valence-electron chi connectivity index (χ1n) is 6.67. The van der Waals surface area contributed by atoms with Crippen LogP contribution in [0, 0.1) is 5.92 Å². The number of hydrogen-bond acceptors (Lipinski definition) is 3. The van der Waals surface area contributed by atoms with Gasteiger partial charge in [0.05, 0.1) is 5.54 Å². The number of hydrogen-bond donors (Lipinski definition) is 0. The molecule has 0 radical (unpaired) electrons. The zero-order valence-corrected chi connectivity index (χ0v) is 11.8. The largest absolute Gasteiger partial charge is 0.332 e. The Morgan fingerprint density at radius 1 is 1.56 bits per heavy atom. The van der Waals surface area contributed by atoms with E-state index in [-0.39, 0.29) is 11.3 Å². The number of aryl methyl sites for hydroxylation is 1. The third kappa shape index (κ3) is 2.09. The molecule has 2 unspecified atom stereocenters. The number of aromatic nitrogens is 2. The molecule has 1 heterocycles. The molecule has 0 amide bonds. The number of likely N-dealkylation sites (N-methyl/N-ethyl adjacent to an activating group) is 1. The maximum absolute atomic E-state index is 12.9. The molecule has 1 aliphatic rings. The Bertz CT molecular complexity index is 438. The summed E-state index contributed by atoms with van der Waals surface area (Å²) in [6.07, 6.45) is 7.76. The number of carbonyl (C=O) groups is 1. The van der Waals surface area contributed by atoms with E-state index >= 15 is 0 Å². The molecule has 1 fully saturated rings. The third-order valence-electron chi connectivity index (χ3n) is 4.28. The lowest BCUT2D eigenvalue weighted by atomic mass is 9.73. The van der Waals surface area contributed by atoms with Crippen LogP contribution in [0.3, 0.4) is 0 Å². The highest BCUT2D eigenvalue weighted by Crippen LogP contribution is 2.37. The number of ketones is 1. The first-order valence-corrected chi connectivity index (χ1v) is 6.67. The topological polar surface area (TPSA) is 38.1 Å². The highest BCUT2D eigenvalue weighted by Gasteiger charge is 2.45. The Morgan fingerprint density at radius 2 is 2.28 bits per heavy atom. The first-order chi connectivity index (χ1) is 8.47. The van der Waals surface area contributed by atoms with Gasteiger partial charge in [0.1, 0.15) is 0 Å².